The monoisotopic (exact) mass is 991 g/mol. The van der Waals surface area contributed by atoms with E-state index in [1.165, 1.54) is 122 Å². The normalized spacial score (nSPS) is 15.8. The number of hydrogen-bond acceptors (Lipinski definition) is 1. The van der Waals surface area contributed by atoms with Crippen molar-refractivity contribution in [2.24, 2.45) is 0 Å². The first-order valence-electron chi connectivity index (χ1n) is 27.5. The maximum absolute atomic E-state index is 2.56. The molecule has 78 heavy (non-hydrogen) atoms. The molecule has 12 aromatic carbocycles. The van der Waals surface area contributed by atoms with E-state index in [9.17, 15) is 0 Å². The van der Waals surface area contributed by atoms with Crippen LogP contribution in [0.25, 0.3) is 66.8 Å². The van der Waals surface area contributed by atoms with E-state index in [1.807, 2.05) is 0 Å². The summed E-state index contributed by atoms with van der Waals surface area (Å²) in [4.78, 5) is 2.56. The van der Waals surface area contributed by atoms with Crippen molar-refractivity contribution < 1.29 is 0 Å². The lowest BCUT2D eigenvalue weighted by molar-refractivity contribution is 0.660. The van der Waals surface area contributed by atoms with Crippen molar-refractivity contribution in [2.75, 3.05) is 4.90 Å². The summed E-state index contributed by atoms with van der Waals surface area (Å²) in [6.07, 6.45) is 0. The number of nitrogens with zero attached hydrogens (tertiary/aromatic N) is 1. The van der Waals surface area contributed by atoms with E-state index in [1.54, 1.807) is 0 Å². The number of rotatable bonds is 7. The molecule has 0 fully saturated rings. The summed E-state index contributed by atoms with van der Waals surface area (Å²) in [7, 11) is 0. The lowest BCUT2D eigenvalue weighted by Crippen LogP contribution is -2.28. The van der Waals surface area contributed by atoms with Gasteiger partial charge in [0.15, 0.2) is 0 Å². The Kier molecular flexibility index (Phi) is 9.58. The lowest BCUT2D eigenvalue weighted by Gasteiger charge is -2.35. The Hall–Kier alpha value is -9.56. The van der Waals surface area contributed by atoms with Gasteiger partial charge in [0.2, 0.25) is 0 Å². The third kappa shape index (κ3) is 6.02. The van der Waals surface area contributed by atoms with Gasteiger partial charge in [0.05, 0.1) is 16.5 Å². The molecule has 1 heteroatoms. The van der Waals surface area contributed by atoms with Crippen molar-refractivity contribution in [1.29, 1.82) is 0 Å². The fourth-order valence-corrected chi connectivity index (χ4v) is 14.9. The zero-order valence-corrected chi connectivity index (χ0v) is 43.6. The number of hydrogen-bond donors (Lipinski definition) is 0. The average molecular weight is 992 g/mol. The van der Waals surface area contributed by atoms with E-state index in [4.69, 9.17) is 0 Å². The van der Waals surface area contributed by atoms with E-state index in [0.29, 0.717) is 0 Å². The molecule has 12 aromatic rings. The van der Waals surface area contributed by atoms with Gasteiger partial charge in [0.1, 0.15) is 0 Å². The van der Waals surface area contributed by atoms with E-state index in [2.05, 4.69) is 304 Å². The molecule has 1 unspecified atom stereocenters. The predicted molar refractivity (Wildman–Crippen MR) is 323 cm³/mol. The summed E-state index contributed by atoms with van der Waals surface area (Å²) < 4.78 is 0. The molecule has 4 aliphatic carbocycles. The van der Waals surface area contributed by atoms with Gasteiger partial charge in [-0.15, -0.1) is 0 Å². The predicted octanol–water partition coefficient (Wildman–Crippen LogP) is 19.5. The highest BCUT2D eigenvalue weighted by atomic mass is 15.1. The van der Waals surface area contributed by atoms with Gasteiger partial charge in [-0.1, -0.05) is 257 Å². The molecule has 1 spiro atoms. The highest BCUT2D eigenvalue weighted by molar-refractivity contribution is 6.02. The van der Waals surface area contributed by atoms with Crippen molar-refractivity contribution in [2.45, 2.75) is 30.1 Å². The Bertz CT molecular complexity index is 4360. The van der Waals surface area contributed by atoms with Crippen LogP contribution < -0.4 is 4.90 Å². The van der Waals surface area contributed by atoms with Crippen molar-refractivity contribution in [3.63, 3.8) is 0 Å². The SMILES string of the molecule is CC1(C)c2ccccc2-c2ccc(-c3ccc(N(c4ccc5c(c4)C(c4ccccc4)(c4ccccc4)c4ccccc4-5)c4cccc5c4-c4ccccc4C54c5ccccc5-c5ccc(-c6ccccc6)cc54)cc3)cc21. The average Bonchev–Trinajstić information content (AvgIpc) is 3.24. The van der Waals surface area contributed by atoms with Crippen molar-refractivity contribution in [3.8, 4) is 66.8 Å². The van der Waals surface area contributed by atoms with Crippen molar-refractivity contribution in [3.05, 3.63) is 341 Å². The highest BCUT2D eigenvalue weighted by Crippen LogP contribution is 2.66. The fourth-order valence-electron chi connectivity index (χ4n) is 14.9. The third-order valence-corrected chi connectivity index (χ3v) is 18.2. The van der Waals surface area contributed by atoms with Crippen LogP contribution in [0.1, 0.15) is 69.5 Å². The molecular weight excluding hydrogens is 939 g/mol. The van der Waals surface area contributed by atoms with Gasteiger partial charge in [-0.3, -0.25) is 0 Å². The molecular formula is C77H53N. The molecule has 0 bridgehead atoms. The van der Waals surface area contributed by atoms with Crippen LogP contribution in [0.4, 0.5) is 17.1 Å². The molecule has 0 heterocycles. The quantitative estimate of drug-likeness (QED) is 0.154. The van der Waals surface area contributed by atoms with Crippen LogP contribution in [0.2, 0.25) is 0 Å². The minimum Gasteiger partial charge on any atom is -0.310 e. The molecule has 1 nitrogen and oxygen atoms in total. The second-order valence-corrected chi connectivity index (χ2v) is 22.2. The first-order chi connectivity index (χ1) is 38.5. The molecule has 366 valence electrons. The smallest absolute Gasteiger partial charge is 0.0726 e. The zero-order chi connectivity index (χ0) is 51.7. The van der Waals surface area contributed by atoms with Crippen LogP contribution in [0, 0.1) is 0 Å². The van der Waals surface area contributed by atoms with Crippen LogP contribution in [0.5, 0.6) is 0 Å². The van der Waals surface area contributed by atoms with E-state index in [-0.39, 0.29) is 5.41 Å². The number of anilines is 3. The van der Waals surface area contributed by atoms with Gasteiger partial charge in [0.25, 0.3) is 0 Å². The second kappa shape index (κ2) is 16.7. The Morgan fingerprint density at radius 2 is 0.641 bits per heavy atom. The molecule has 0 amide bonds. The molecule has 0 radical (unpaired) electrons. The van der Waals surface area contributed by atoms with E-state index in [0.717, 1.165) is 17.1 Å². The summed E-state index contributed by atoms with van der Waals surface area (Å²) in [6, 6.07) is 108. The standard InChI is InChI=1S/C77H53N/c1-75(2)65-31-16-12-27-58(65)61-44-39-52(47-70(61)75)51-37-41-56(42-38-51)78(57-43-46-63-59-28-13-17-32-66(59)76(72(63)49-57,54-23-8-4-9-24-54)55-25-10-5-11-26-55)73-36-20-35-69-74(73)64-30-15-19-34-68(64)77(69)67-33-18-14-29-60(67)62-45-40-53(48-71(62)77)50-21-6-3-7-22-50/h3-49H,1-2H3. The molecule has 0 aliphatic heterocycles. The summed E-state index contributed by atoms with van der Waals surface area (Å²) in [5, 5.41) is 0. The van der Waals surface area contributed by atoms with Crippen LogP contribution >= 0.6 is 0 Å². The fraction of sp³-hybridized carbons (Fsp3) is 0.0649. The highest BCUT2D eigenvalue weighted by Gasteiger charge is 2.53. The van der Waals surface area contributed by atoms with Crippen molar-refractivity contribution in [1.82, 2.24) is 0 Å². The third-order valence-electron chi connectivity index (χ3n) is 18.2. The van der Waals surface area contributed by atoms with Gasteiger partial charge >= 0.3 is 0 Å². The Morgan fingerprint density at radius 3 is 1.26 bits per heavy atom. The molecule has 0 saturated carbocycles. The first kappa shape index (κ1) is 44.7. The van der Waals surface area contributed by atoms with Crippen LogP contribution in [-0.2, 0) is 16.2 Å². The van der Waals surface area contributed by atoms with Gasteiger partial charge in [-0.2, -0.15) is 0 Å². The van der Waals surface area contributed by atoms with E-state index >= 15 is 0 Å². The minimum absolute atomic E-state index is 0.0918. The van der Waals surface area contributed by atoms with E-state index < -0.39 is 10.8 Å². The van der Waals surface area contributed by atoms with Crippen LogP contribution in [-0.4, -0.2) is 0 Å². The van der Waals surface area contributed by atoms with Crippen LogP contribution in [0.3, 0.4) is 0 Å². The maximum Gasteiger partial charge on any atom is 0.0726 e. The van der Waals surface area contributed by atoms with Crippen LogP contribution in [0.15, 0.2) is 285 Å². The molecule has 1 atom stereocenters. The topological polar surface area (TPSA) is 3.24 Å². The number of benzene rings is 12. The van der Waals surface area contributed by atoms with Gasteiger partial charge in [-0.05, 0) is 159 Å². The zero-order valence-electron chi connectivity index (χ0n) is 43.6. The first-order valence-corrected chi connectivity index (χ1v) is 27.5. The van der Waals surface area contributed by atoms with Gasteiger partial charge in [-0.25, -0.2) is 0 Å². The minimum atomic E-state index is -0.565. The summed E-state index contributed by atoms with van der Waals surface area (Å²) in [5.74, 6) is 0. The molecule has 4 aliphatic rings. The molecule has 0 aromatic heterocycles. The summed E-state index contributed by atoms with van der Waals surface area (Å²) in [5.41, 5.74) is 30.4. The molecule has 0 saturated heterocycles. The summed E-state index contributed by atoms with van der Waals surface area (Å²) in [6.45, 7) is 4.74. The number of fused-ring (bicyclic) bond motifs is 16. The Balaban J connectivity index is 0.944. The maximum atomic E-state index is 2.56. The largest absolute Gasteiger partial charge is 0.310 e. The molecule has 16 rings (SSSR count). The summed E-state index contributed by atoms with van der Waals surface area (Å²) >= 11 is 0. The van der Waals surface area contributed by atoms with Gasteiger partial charge in [0, 0.05) is 22.4 Å². The lowest BCUT2D eigenvalue weighted by atomic mass is 9.67. The van der Waals surface area contributed by atoms with Gasteiger partial charge < -0.3 is 4.90 Å². The second-order valence-electron chi connectivity index (χ2n) is 22.2. The van der Waals surface area contributed by atoms with Crippen molar-refractivity contribution >= 4 is 17.1 Å². The Morgan fingerprint density at radius 1 is 0.244 bits per heavy atom. The molecule has 0 N–H and O–H groups in total. The Labute approximate surface area is 457 Å².